The highest BCUT2D eigenvalue weighted by Gasteiger charge is 2.15. The van der Waals surface area contributed by atoms with Crippen LogP contribution in [0.15, 0.2) is 0 Å². The van der Waals surface area contributed by atoms with E-state index in [0.717, 1.165) is 19.0 Å². The Bertz CT molecular complexity index is 235. The third kappa shape index (κ3) is 6.97. The molecule has 4 nitrogen and oxygen atoms in total. The molecular weight excluding hydrogens is 226 g/mol. The van der Waals surface area contributed by atoms with Crippen LogP contribution < -0.4 is 10.6 Å². The molecule has 0 aliphatic carbocycles. The van der Waals surface area contributed by atoms with Crippen molar-refractivity contribution in [1.29, 1.82) is 0 Å². The van der Waals surface area contributed by atoms with E-state index in [-0.39, 0.29) is 11.9 Å². The normalized spacial score (nSPS) is 18.2. The summed E-state index contributed by atoms with van der Waals surface area (Å²) in [6.07, 6.45) is 4.49. The van der Waals surface area contributed by atoms with Gasteiger partial charge in [0.25, 0.3) is 0 Å². The summed E-state index contributed by atoms with van der Waals surface area (Å²) in [6.45, 7) is 8.30. The molecule has 2 N–H and O–H groups in total. The number of carbonyl (C=O) groups excluding carboxylic acids is 1. The van der Waals surface area contributed by atoms with E-state index in [2.05, 4.69) is 22.6 Å². The summed E-state index contributed by atoms with van der Waals surface area (Å²) in [5.41, 5.74) is 0. The molecule has 4 heteroatoms. The van der Waals surface area contributed by atoms with Crippen molar-refractivity contribution in [3.8, 4) is 0 Å². The first-order valence-corrected chi connectivity index (χ1v) is 7.26. The summed E-state index contributed by atoms with van der Waals surface area (Å²) in [5, 5.41) is 6.28. The fourth-order valence-electron chi connectivity index (χ4n) is 2.38. The summed E-state index contributed by atoms with van der Waals surface area (Å²) in [6, 6.07) is 0.247. The van der Waals surface area contributed by atoms with E-state index >= 15 is 0 Å². The van der Waals surface area contributed by atoms with Crippen molar-refractivity contribution in [2.45, 2.75) is 45.6 Å². The van der Waals surface area contributed by atoms with Crippen LogP contribution in [0.3, 0.4) is 0 Å². The lowest BCUT2D eigenvalue weighted by molar-refractivity contribution is -0.121. The molecule has 0 unspecified atom stereocenters. The zero-order valence-corrected chi connectivity index (χ0v) is 12.2. The quantitative estimate of drug-likeness (QED) is 0.672. The Kier molecular flexibility index (Phi) is 7.28. The van der Waals surface area contributed by atoms with E-state index in [0.29, 0.717) is 6.42 Å². The number of hydrogen-bond acceptors (Lipinski definition) is 3. The van der Waals surface area contributed by atoms with Crippen molar-refractivity contribution in [3.05, 3.63) is 0 Å². The Morgan fingerprint density at radius 3 is 2.56 bits per heavy atom. The fraction of sp³-hybridized carbons (Fsp3) is 0.929. The lowest BCUT2D eigenvalue weighted by Gasteiger charge is -2.28. The Balaban J connectivity index is 1.94. The average molecular weight is 255 g/mol. The van der Waals surface area contributed by atoms with E-state index in [1.165, 1.54) is 32.4 Å². The van der Waals surface area contributed by atoms with E-state index in [1.54, 1.807) is 0 Å². The van der Waals surface area contributed by atoms with Crippen LogP contribution in [0.25, 0.3) is 0 Å². The summed E-state index contributed by atoms with van der Waals surface area (Å²) >= 11 is 0. The largest absolute Gasteiger partial charge is 0.354 e. The van der Waals surface area contributed by atoms with Crippen LogP contribution in [0, 0.1) is 5.92 Å². The van der Waals surface area contributed by atoms with Crippen molar-refractivity contribution in [2.75, 3.05) is 33.2 Å². The van der Waals surface area contributed by atoms with Crippen LogP contribution in [0.4, 0.5) is 0 Å². The predicted octanol–water partition coefficient (Wildman–Crippen LogP) is 1.22. The van der Waals surface area contributed by atoms with Gasteiger partial charge in [-0.3, -0.25) is 4.79 Å². The minimum atomic E-state index is 0.150. The summed E-state index contributed by atoms with van der Waals surface area (Å²) < 4.78 is 0. The van der Waals surface area contributed by atoms with Gasteiger partial charge in [0, 0.05) is 19.0 Å². The highest BCUT2D eigenvalue weighted by molar-refractivity contribution is 5.76. The molecule has 1 saturated heterocycles. The molecule has 1 heterocycles. The van der Waals surface area contributed by atoms with Crippen LogP contribution in [0.2, 0.25) is 0 Å². The molecule has 0 aromatic carbocycles. The van der Waals surface area contributed by atoms with Gasteiger partial charge in [-0.15, -0.1) is 0 Å². The van der Waals surface area contributed by atoms with Gasteiger partial charge in [-0.05, 0) is 65.7 Å². The summed E-state index contributed by atoms with van der Waals surface area (Å²) in [5.74, 6) is 1.02. The Morgan fingerprint density at radius 2 is 1.94 bits per heavy atom. The first-order chi connectivity index (χ1) is 8.58. The maximum Gasteiger partial charge on any atom is 0.221 e. The third-order valence-electron chi connectivity index (χ3n) is 3.55. The first kappa shape index (κ1) is 15.4. The van der Waals surface area contributed by atoms with Gasteiger partial charge < -0.3 is 15.5 Å². The lowest BCUT2D eigenvalue weighted by atomic mass is 9.94. The number of likely N-dealkylation sites (tertiary alicyclic amines) is 1. The number of hydrogen-bond donors (Lipinski definition) is 2. The van der Waals surface area contributed by atoms with Crippen LogP contribution in [-0.4, -0.2) is 50.1 Å². The number of amides is 1. The van der Waals surface area contributed by atoms with Gasteiger partial charge in [-0.1, -0.05) is 0 Å². The number of nitrogens with one attached hydrogen (secondary N) is 2. The molecule has 18 heavy (non-hydrogen) atoms. The Hall–Kier alpha value is -0.610. The molecule has 0 atom stereocenters. The van der Waals surface area contributed by atoms with E-state index in [1.807, 2.05) is 13.8 Å². The van der Waals surface area contributed by atoms with Crippen molar-refractivity contribution >= 4 is 5.91 Å². The van der Waals surface area contributed by atoms with E-state index < -0.39 is 0 Å². The topological polar surface area (TPSA) is 44.4 Å². The van der Waals surface area contributed by atoms with Gasteiger partial charge in [0.15, 0.2) is 0 Å². The van der Waals surface area contributed by atoms with Crippen molar-refractivity contribution in [2.24, 2.45) is 5.92 Å². The monoisotopic (exact) mass is 255 g/mol. The molecular formula is C14H29N3O. The van der Waals surface area contributed by atoms with Gasteiger partial charge in [-0.25, -0.2) is 0 Å². The minimum Gasteiger partial charge on any atom is -0.354 e. The van der Waals surface area contributed by atoms with Gasteiger partial charge in [0.05, 0.1) is 0 Å². The van der Waals surface area contributed by atoms with Crippen LogP contribution in [0.1, 0.15) is 39.5 Å². The Morgan fingerprint density at radius 1 is 1.28 bits per heavy atom. The van der Waals surface area contributed by atoms with Gasteiger partial charge in [-0.2, -0.15) is 0 Å². The second-order valence-electron chi connectivity index (χ2n) is 5.76. The van der Waals surface area contributed by atoms with E-state index in [9.17, 15) is 4.79 Å². The molecule has 1 rings (SSSR count). The molecule has 0 spiro atoms. The average Bonchev–Trinajstić information content (AvgIpc) is 2.30. The molecule has 0 aromatic rings. The molecule has 1 aliphatic rings. The molecule has 0 bridgehead atoms. The number of rotatable bonds is 7. The molecule has 0 aromatic heterocycles. The smallest absolute Gasteiger partial charge is 0.221 e. The number of nitrogens with zero attached hydrogens (tertiary/aromatic N) is 1. The standard InChI is InChI=1S/C14H29N3O/c1-12(2)16-14(18)5-9-15-8-4-13-6-10-17(3)11-7-13/h12-13,15H,4-11H2,1-3H3,(H,16,18). The highest BCUT2D eigenvalue weighted by Crippen LogP contribution is 2.18. The maximum absolute atomic E-state index is 11.4. The second-order valence-corrected chi connectivity index (χ2v) is 5.76. The van der Waals surface area contributed by atoms with E-state index in [4.69, 9.17) is 0 Å². The summed E-state index contributed by atoms with van der Waals surface area (Å²) in [7, 11) is 2.20. The first-order valence-electron chi connectivity index (χ1n) is 7.26. The maximum atomic E-state index is 11.4. The van der Waals surface area contributed by atoms with Crippen molar-refractivity contribution in [3.63, 3.8) is 0 Å². The molecule has 1 aliphatic heterocycles. The van der Waals surface area contributed by atoms with Gasteiger partial charge in [0.2, 0.25) is 5.91 Å². The minimum absolute atomic E-state index is 0.150. The van der Waals surface area contributed by atoms with Gasteiger partial charge in [0.1, 0.15) is 0 Å². The van der Waals surface area contributed by atoms with Gasteiger partial charge >= 0.3 is 0 Å². The zero-order chi connectivity index (χ0) is 13.4. The predicted molar refractivity (Wildman–Crippen MR) is 75.6 cm³/mol. The highest BCUT2D eigenvalue weighted by atomic mass is 16.1. The molecule has 1 amide bonds. The van der Waals surface area contributed by atoms with Crippen molar-refractivity contribution in [1.82, 2.24) is 15.5 Å². The molecule has 1 fully saturated rings. The van der Waals surface area contributed by atoms with Crippen LogP contribution in [0.5, 0.6) is 0 Å². The third-order valence-corrected chi connectivity index (χ3v) is 3.55. The number of piperidine rings is 1. The zero-order valence-electron chi connectivity index (χ0n) is 12.2. The van der Waals surface area contributed by atoms with Crippen LogP contribution in [-0.2, 0) is 4.79 Å². The Labute approximate surface area is 111 Å². The SMILES string of the molecule is CC(C)NC(=O)CCNCCC1CCN(C)CC1. The lowest BCUT2D eigenvalue weighted by Crippen LogP contribution is -2.34. The second kappa shape index (κ2) is 8.48. The van der Waals surface area contributed by atoms with Crippen molar-refractivity contribution < 1.29 is 4.79 Å². The molecule has 0 radical (unpaired) electrons. The molecule has 0 saturated carbocycles. The summed E-state index contributed by atoms with van der Waals surface area (Å²) in [4.78, 5) is 13.8. The number of carbonyl (C=O) groups is 1. The van der Waals surface area contributed by atoms with Crippen LogP contribution >= 0.6 is 0 Å². The molecule has 106 valence electrons. The fourth-order valence-corrected chi connectivity index (χ4v) is 2.38.